The third kappa shape index (κ3) is 4.23. The molecule has 4 N–H and O–H groups in total. The standard InChI is InChI=1S/C24H27F2N5O2/c1-13(14-5-8-17(25)9-6-14)27-23(32)16-7-10-19-20(12-16)31-22(28-24(19)33)21(29-30-31)15-3-2-4-18(26)11-15/h2-6,8-9,11,13,16,19-22,29-30H,7,10,12H2,1H3,(H,27,32)(H,28,33). The minimum atomic E-state index is -0.388. The van der Waals surface area contributed by atoms with Crippen LogP contribution in [0.2, 0.25) is 0 Å². The molecule has 0 spiro atoms. The Morgan fingerprint density at radius 3 is 2.67 bits per heavy atom. The Kier molecular flexibility index (Phi) is 5.86. The van der Waals surface area contributed by atoms with Gasteiger partial charge in [-0.25, -0.2) is 19.2 Å². The van der Waals surface area contributed by atoms with Crippen molar-refractivity contribution < 1.29 is 18.4 Å². The molecule has 174 valence electrons. The van der Waals surface area contributed by atoms with Gasteiger partial charge in [0.1, 0.15) is 17.8 Å². The molecule has 6 unspecified atom stereocenters. The van der Waals surface area contributed by atoms with Crippen molar-refractivity contribution in [2.45, 2.75) is 50.5 Å². The van der Waals surface area contributed by atoms with Crippen LogP contribution < -0.4 is 21.6 Å². The zero-order valence-electron chi connectivity index (χ0n) is 18.2. The average molecular weight is 456 g/mol. The summed E-state index contributed by atoms with van der Waals surface area (Å²) >= 11 is 0. The van der Waals surface area contributed by atoms with E-state index in [1.165, 1.54) is 24.3 Å². The molecule has 6 atom stereocenters. The molecule has 5 rings (SSSR count). The number of halogens is 2. The Hall–Kier alpha value is -2.88. The Morgan fingerprint density at radius 2 is 1.91 bits per heavy atom. The highest BCUT2D eigenvalue weighted by atomic mass is 19.1. The normalized spacial score (nSPS) is 30.2. The van der Waals surface area contributed by atoms with Crippen molar-refractivity contribution in [3.05, 3.63) is 71.3 Å². The van der Waals surface area contributed by atoms with Gasteiger partial charge in [0, 0.05) is 12.0 Å². The highest BCUT2D eigenvalue weighted by Crippen LogP contribution is 2.39. The fourth-order valence-corrected chi connectivity index (χ4v) is 5.28. The molecule has 2 heterocycles. The molecule has 3 fully saturated rings. The number of fused-ring (bicyclic) bond motifs is 3. The Labute approximate surface area is 190 Å². The van der Waals surface area contributed by atoms with Crippen LogP contribution in [0.3, 0.4) is 0 Å². The number of amides is 2. The lowest BCUT2D eigenvalue weighted by Crippen LogP contribution is -2.65. The maximum atomic E-state index is 13.8. The van der Waals surface area contributed by atoms with Gasteiger partial charge in [-0.15, -0.1) is 0 Å². The van der Waals surface area contributed by atoms with Gasteiger partial charge in [0.15, 0.2) is 0 Å². The van der Waals surface area contributed by atoms with Crippen LogP contribution in [0.1, 0.15) is 49.4 Å². The molecule has 2 aliphatic heterocycles. The molecule has 1 aliphatic carbocycles. The molecule has 3 aliphatic rings. The lowest BCUT2D eigenvalue weighted by molar-refractivity contribution is -0.143. The lowest BCUT2D eigenvalue weighted by Gasteiger charge is -2.46. The van der Waals surface area contributed by atoms with Crippen molar-refractivity contribution >= 4 is 11.8 Å². The summed E-state index contributed by atoms with van der Waals surface area (Å²) in [6, 6.07) is 11.7. The van der Waals surface area contributed by atoms with E-state index in [9.17, 15) is 18.4 Å². The second-order valence-electron chi connectivity index (χ2n) is 9.12. The first-order valence-electron chi connectivity index (χ1n) is 11.3. The number of nitrogens with one attached hydrogen (secondary N) is 4. The maximum absolute atomic E-state index is 13.8. The van der Waals surface area contributed by atoms with Crippen LogP contribution in [-0.2, 0) is 9.59 Å². The van der Waals surface area contributed by atoms with E-state index in [1.807, 2.05) is 18.0 Å². The van der Waals surface area contributed by atoms with Crippen LogP contribution in [0.15, 0.2) is 48.5 Å². The first kappa shape index (κ1) is 21.9. The van der Waals surface area contributed by atoms with E-state index < -0.39 is 0 Å². The van der Waals surface area contributed by atoms with E-state index in [-0.39, 0.29) is 59.6 Å². The number of hydrogen-bond donors (Lipinski definition) is 4. The molecule has 0 bridgehead atoms. The zero-order valence-corrected chi connectivity index (χ0v) is 18.2. The van der Waals surface area contributed by atoms with E-state index >= 15 is 0 Å². The van der Waals surface area contributed by atoms with Crippen LogP contribution >= 0.6 is 0 Å². The molecular weight excluding hydrogens is 428 g/mol. The minimum absolute atomic E-state index is 0.0355. The van der Waals surface area contributed by atoms with E-state index in [4.69, 9.17) is 0 Å². The summed E-state index contributed by atoms with van der Waals surface area (Å²) in [6.45, 7) is 1.87. The summed E-state index contributed by atoms with van der Waals surface area (Å²) in [5, 5.41) is 8.05. The number of nitrogens with zero attached hydrogens (tertiary/aromatic N) is 1. The largest absolute Gasteiger partial charge is 0.349 e. The average Bonchev–Trinajstić information content (AvgIpc) is 3.23. The molecule has 7 nitrogen and oxygen atoms in total. The van der Waals surface area contributed by atoms with Crippen LogP contribution in [0.5, 0.6) is 0 Å². The van der Waals surface area contributed by atoms with E-state index in [0.29, 0.717) is 19.3 Å². The van der Waals surface area contributed by atoms with E-state index in [1.54, 1.807) is 18.2 Å². The van der Waals surface area contributed by atoms with Crippen LogP contribution in [0, 0.1) is 23.5 Å². The van der Waals surface area contributed by atoms with Crippen molar-refractivity contribution in [3.8, 4) is 0 Å². The summed E-state index contributed by atoms with van der Waals surface area (Å²) < 4.78 is 27.0. The molecule has 9 heteroatoms. The molecule has 2 aromatic rings. The van der Waals surface area contributed by atoms with Gasteiger partial charge in [0.2, 0.25) is 11.8 Å². The second-order valence-corrected chi connectivity index (χ2v) is 9.12. The fourth-order valence-electron chi connectivity index (χ4n) is 5.28. The maximum Gasteiger partial charge on any atom is 0.226 e. The van der Waals surface area contributed by atoms with Gasteiger partial charge in [0.05, 0.1) is 18.0 Å². The Morgan fingerprint density at radius 1 is 1.12 bits per heavy atom. The van der Waals surface area contributed by atoms with Gasteiger partial charge in [0.25, 0.3) is 0 Å². The number of hydrogen-bond acceptors (Lipinski definition) is 5. The third-order valence-corrected chi connectivity index (χ3v) is 7.07. The SMILES string of the molecule is CC(NC(=O)C1CCC2C(=O)NC3C(c4cccc(F)c4)NNN3C2C1)c1ccc(F)cc1. The van der Waals surface area contributed by atoms with Crippen molar-refractivity contribution in [2.75, 3.05) is 0 Å². The Balaban J connectivity index is 1.28. The predicted molar refractivity (Wildman–Crippen MR) is 117 cm³/mol. The summed E-state index contributed by atoms with van der Waals surface area (Å²) in [4.78, 5) is 25.9. The lowest BCUT2D eigenvalue weighted by atomic mass is 9.75. The van der Waals surface area contributed by atoms with Gasteiger partial charge >= 0.3 is 0 Å². The van der Waals surface area contributed by atoms with Crippen molar-refractivity contribution in [2.24, 2.45) is 11.8 Å². The summed E-state index contributed by atoms with van der Waals surface area (Å²) in [6.07, 6.45) is 1.37. The fraction of sp³-hybridized carbons (Fsp3) is 0.417. The number of carbonyl (C=O) groups is 2. The van der Waals surface area contributed by atoms with Crippen LogP contribution in [0.4, 0.5) is 8.78 Å². The van der Waals surface area contributed by atoms with Gasteiger partial charge in [-0.3, -0.25) is 9.59 Å². The first-order chi connectivity index (χ1) is 15.9. The van der Waals surface area contributed by atoms with Crippen LogP contribution in [-0.4, -0.2) is 29.0 Å². The molecule has 1 saturated carbocycles. The quantitative estimate of drug-likeness (QED) is 0.569. The number of benzene rings is 2. The predicted octanol–water partition coefficient (Wildman–Crippen LogP) is 2.45. The van der Waals surface area contributed by atoms with E-state index in [2.05, 4.69) is 21.6 Å². The minimum Gasteiger partial charge on any atom is -0.349 e. The van der Waals surface area contributed by atoms with Crippen molar-refractivity contribution in [1.82, 2.24) is 26.6 Å². The number of hydrazine groups is 2. The van der Waals surface area contributed by atoms with E-state index in [0.717, 1.165) is 11.1 Å². The van der Waals surface area contributed by atoms with Gasteiger partial charge in [-0.1, -0.05) is 24.3 Å². The molecule has 0 aromatic heterocycles. The van der Waals surface area contributed by atoms with Crippen molar-refractivity contribution in [3.63, 3.8) is 0 Å². The van der Waals surface area contributed by atoms with Gasteiger partial charge < -0.3 is 10.6 Å². The first-order valence-corrected chi connectivity index (χ1v) is 11.3. The molecule has 0 radical (unpaired) electrons. The van der Waals surface area contributed by atoms with Crippen LogP contribution in [0.25, 0.3) is 0 Å². The monoisotopic (exact) mass is 455 g/mol. The number of carbonyl (C=O) groups excluding carboxylic acids is 2. The Bertz CT molecular complexity index is 1050. The molecular formula is C24H27F2N5O2. The third-order valence-electron chi connectivity index (χ3n) is 7.07. The topological polar surface area (TPSA) is 85.5 Å². The summed E-state index contributed by atoms with van der Waals surface area (Å²) in [5.41, 5.74) is 7.88. The number of rotatable bonds is 4. The highest BCUT2D eigenvalue weighted by Gasteiger charge is 2.51. The molecule has 33 heavy (non-hydrogen) atoms. The summed E-state index contributed by atoms with van der Waals surface area (Å²) in [7, 11) is 0. The highest BCUT2D eigenvalue weighted by molar-refractivity contribution is 5.83. The second kappa shape index (κ2) is 8.81. The summed E-state index contributed by atoms with van der Waals surface area (Å²) in [5.74, 6) is -1.22. The molecule has 2 aromatic carbocycles. The smallest absolute Gasteiger partial charge is 0.226 e. The molecule has 2 amide bonds. The van der Waals surface area contributed by atoms with Gasteiger partial charge in [-0.2, -0.15) is 5.53 Å². The molecule has 2 saturated heterocycles. The van der Waals surface area contributed by atoms with Crippen molar-refractivity contribution in [1.29, 1.82) is 0 Å². The van der Waals surface area contributed by atoms with Gasteiger partial charge in [-0.05, 0) is 61.6 Å². The zero-order chi connectivity index (χ0) is 23.1.